The SMILES string of the molecule is CCCCCCCCNC(N)=NCC(=O)N1CCc2sccc2C1.I. The van der Waals surface area contributed by atoms with Gasteiger partial charge in [-0.25, -0.2) is 4.99 Å². The molecule has 0 unspecified atom stereocenters. The van der Waals surface area contributed by atoms with Gasteiger partial charge in [0, 0.05) is 24.5 Å². The monoisotopic (exact) mass is 478 g/mol. The zero-order valence-electron chi connectivity index (χ0n) is 15.1. The quantitative estimate of drug-likeness (QED) is 0.247. The van der Waals surface area contributed by atoms with Crippen LogP contribution < -0.4 is 11.1 Å². The number of hydrogen-bond donors (Lipinski definition) is 2. The standard InChI is InChI=1S/C18H30N4OS.HI/c1-2-3-4-5-6-7-10-20-18(19)21-13-17(23)22-11-8-16-15(14-22)9-12-24-16;/h9,12H,2-8,10-11,13-14H2,1H3,(H3,19,20,21);1H. The summed E-state index contributed by atoms with van der Waals surface area (Å²) in [4.78, 5) is 19.7. The van der Waals surface area contributed by atoms with E-state index in [0.29, 0.717) is 12.5 Å². The summed E-state index contributed by atoms with van der Waals surface area (Å²) in [6.45, 7) is 4.68. The van der Waals surface area contributed by atoms with Crippen LogP contribution in [-0.2, 0) is 17.8 Å². The van der Waals surface area contributed by atoms with Crippen molar-refractivity contribution < 1.29 is 4.79 Å². The molecule has 2 heterocycles. The molecule has 0 aliphatic carbocycles. The third kappa shape index (κ3) is 7.94. The molecule has 0 saturated heterocycles. The number of aliphatic imine (C=N–C) groups is 1. The first-order chi connectivity index (χ1) is 11.7. The summed E-state index contributed by atoms with van der Waals surface area (Å²) in [6, 6.07) is 2.11. The number of hydrogen-bond acceptors (Lipinski definition) is 3. The van der Waals surface area contributed by atoms with E-state index in [1.54, 1.807) is 11.3 Å². The average molecular weight is 478 g/mol. The first-order valence-corrected chi connectivity index (χ1v) is 9.95. The number of carbonyl (C=O) groups is 1. The molecule has 0 radical (unpaired) electrons. The molecular formula is C18H31IN4OS. The van der Waals surface area contributed by atoms with Crippen LogP contribution in [0.25, 0.3) is 0 Å². The number of fused-ring (bicyclic) bond motifs is 1. The summed E-state index contributed by atoms with van der Waals surface area (Å²) < 4.78 is 0. The number of nitrogens with one attached hydrogen (secondary N) is 1. The van der Waals surface area contributed by atoms with Gasteiger partial charge in [0.2, 0.25) is 5.91 Å². The van der Waals surface area contributed by atoms with Crippen LogP contribution in [0.4, 0.5) is 0 Å². The molecule has 5 nitrogen and oxygen atoms in total. The Balaban J connectivity index is 0.00000312. The number of thiophene rings is 1. The summed E-state index contributed by atoms with van der Waals surface area (Å²) in [5.74, 6) is 0.432. The van der Waals surface area contributed by atoms with Crippen molar-refractivity contribution in [2.24, 2.45) is 10.7 Å². The minimum Gasteiger partial charge on any atom is -0.370 e. The Labute approximate surface area is 172 Å². The van der Waals surface area contributed by atoms with Gasteiger partial charge >= 0.3 is 0 Å². The van der Waals surface area contributed by atoms with Crippen LogP contribution in [0.5, 0.6) is 0 Å². The van der Waals surface area contributed by atoms with E-state index in [-0.39, 0.29) is 36.4 Å². The first kappa shape index (κ1) is 22.2. The van der Waals surface area contributed by atoms with Crippen LogP contribution in [0.1, 0.15) is 55.9 Å². The molecule has 2 rings (SSSR count). The molecule has 0 aromatic carbocycles. The molecule has 1 amide bonds. The van der Waals surface area contributed by atoms with Crippen LogP contribution in [0.2, 0.25) is 0 Å². The second kappa shape index (κ2) is 12.5. The molecule has 0 atom stereocenters. The van der Waals surface area contributed by atoms with Crippen LogP contribution >= 0.6 is 35.3 Å². The van der Waals surface area contributed by atoms with E-state index in [2.05, 4.69) is 28.7 Å². The molecule has 1 aliphatic rings. The Hall–Kier alpha value is -0.830. The van der Waals surface area contributed by atoms with Crippen molar-refractivity contribution in [2.45, 2.75) is 58.4 Å². The van der Waals surface area contributed by atoms with Crippen LogP contribution in [0.3, 0.4) is 0 Å². The minimum atomic E-state index is 0. The molecule has 0 saturated carbocycles. The Kier molecular flexibility index (Phi) is 11.1. The molecule has 1 aromatic rings. The number of carbonyl (C=O) groups excluding carboxylic acids is 1. The molecule has 3 N–H and O–H groups in total. The summed E-state index contributed by atoms with van der Waals surface area (Å²) in [5.41, 5.74) is 7.12. The maximum atomic E-state index is 12.2. The molecule has 0 bridgehead atoms. The zero-order chi connectivity index (χ0) is 17.2. The molecule has 1 aromatic heterocycles. The Morgan fingerprint density at radius 1 is 1.32 bits per heavy atom. The highest BCUT2D eigenvalue weighted by molar-refractivity contribution is 14.0. The molecule has 0 fully saturated rings. The van der Waals surface area contributed by atoms with Gasteiger partial charge < -0.3 is 16.0 Å². The summed E-state index contributed by atoms with van der Waals surface area (Å²) in [5, 5.41) is 5.20. The number of amides is 1. The Morgan fingerprint density at radius 3 is 2.88 bits per heavy atom. The second-order valence-corrected chi connectivity index (χ2v) is 7.33. The third-order valence-electron chi connectivity index (χ3n) is 4.38. The van der Waals surface area contributed by atoms with Crippen molar-refractivity contribution in [3.05, 3.63) is 21.9 Å². The highest BCUT2D eigenvalue weighted by Gasteiger charge is 2.20. The normalized spacial score (nSPS) is 14.0. The summed E-state index contributed by atoms with van der Waals surface area (Å²) in [6.07, 6.45) is 8.46. The van der Waals surface area contributed by atoms with Crippen molar-refractivity contribution >= 4 is 47.2 Å². The number of rotatable bonds is 9. The third-order valence-corrected chi connectivity index (χ3v) is 5.40. The maximum absolute atomic E-state index is 12.2. The van der Waals surface area contributed by atoms with Crippen molar-refractivity contribution in [3.8, 4) is 0 Å². The smallest absolute Gasteiger partial charge is 0.244 e. The molecular weight excluding hydrogens is 447 g/mol. The van der Waals surface area contributed by atoms with E-state index in [0.717, 1.165) is 25.9 Å². The number of nitrogens with zero attached hydrogens (tertiary/aromatic N) is 2. The van der Waals surface area contributed by atoms with Gasteiger partial charge in [-0.3, -0.25) is 4.79 Å². The number of halogens is 1. The topological polar surface area (TPSA) is 70.7 Å². The highest BCUT2D eigenvalue weighted by Crippen LogP contribution is 2.23. The largest absolute Gasteiger partial charge is 0.370 e. The predicted molar refractivity (Wildman–Crippen MR) is 117 cm³/mol. The van der Waals surface area contributed by atoms with Gasteiger partial charge in [-0.05, 0) is 29.9 Å². The summed E-state index contributed by atoms with van der Waals surface area (Å²) >= 11 is 1.78. The lowest BCUT2D eigenvalue weighted by molar-refractivity contribution is -0.130. The van der Waals surface area contributed by atoms with Crippen molar-refractivity contribution in [2.75, 3.05) is 19.6 Å². The second-order valence-electron chi connectivity index (χ2n) is 6.33. The zero-order valence-corrected chi connectivity index (χ0v) is 18.3. The molecule has 1 aliphatic heterocycles. The van der Waals surface area contributed by atoms with Gasteiger partial charge in [0.05, 0.1) is 0 Å². The minimum absolute atomic E-state index is 0. The molecule has 7 heteroatoms. The lowest BCUT2D eigenvalue weighted by Gasteiger charge is -2.26. The van der Waals surface area contributed by atoms with E-state index in [1.165, 1.54) is 42.5 Å². The fraction of sp³-hybridized carbons (Fsp3) is 0.667. The van der Waals surface area contributed by atoms with Crippen LogP contribution in [0.15, 0.2) is 16.4 Å². The highest BCUT2D eigenvalue weighted by atomic mass is 127. The average Bonchev–Trinajstić information content (AvgIpc) is 3.06. The van der Waals surface area contributed by atoms with Gasteiger partial charge in [-0.15, -0.1) is 35.3 Å². The fourth-order valence-electron chi connectivity index (χ4n) is 2.89. The number of unbranched alkanes of at least 4 members (excludes halogenated alkanes) is 5. The lowest BCUT2D eigenvalue weighted by atomic mass is 10.1. The first-order valence-electron chi connectivity index (χ1n) is 9.07. The van der Waals surface area contributed by atoms with E-state index < -0.39 is 0 Å². The predicted octanol–water partition coefficient (Wildman–Crippen LogP) is 3.52. The lowest BCUT2D eigenvalue weighted by Crippen LogP contribution is -2.38. The Bertz CT molecular complexity index is 547. The van der Waals surface area contributed by atoms with Gasteiger partial charge in [0.25, 0.3) is 0 Å². The summed E-state index contributed by atoms with van der Waals surface area (Å²) in [7, 11) is 0. The van der Waals surface area contributed by atoms with E-state index in [9.17, 15) is 4.79 Å². The van der Waals surface area contributed by atoms with Crippen molar-refractivity contribution in [1.29, 1.82) is 0 Å². The van der Waals surface area contributed by atoms with Crippen molar-refractivity contribution in [1.82, 2.24) is 10.2 Å². The molecule has 142 valence electrons. The fourth-order valence-corrected chi connectivity index (χ4v) is 3.78. The van der Waals surface area contributed by atoms with Gasteiger partial charge in [-0.1, -0.05) is 39.0 Å². The van der Waals surface area contributed by atoms with Gasteiger partial charge in [0.15, 0.2) is 5.96 Å². The molecule has 0 spiro atoms. The van der Waals surface area contributed by atoms with E-state index >= 15 is 0 Å². The van der Waals surface area contributed by atoms with Crippen LogP contribution in [0, 0.1) is 0 Å². The molecule has 25 heavy (non-hydrogen) atoms. The van der Waals surface area contributed by atoms with E-state index in [1.807, 2.05) is 4.90 Å². The maximum Gasteiger partial charge on any atom is 0.244 e. The Morgan fingerprint density at radius 2 is 2.08 bits per heavy atom. The number of nitrogens with two attached hydrogens (primary N) is 1. The van der Waals surface area contributed by atoms with Crippen LogP contribution in [-0.4, -0.2) is 36.4 Å². The van der Waals surface area contributed by atoms with Crippen molar-refractivity contribution in [3.63, 3.8) is 0 Å². The van der Waals surface area contributed by atoms with Gasteiger partial charge in [-0.2, -0.15) is 0 Å². The number of guanidine groups is 1. The van der Waals surface area contributed by atoms with E-state index in [4.69, 9.17) is 5.73 Å². The van der Waals surface area contributed by atoms with Gasteiger partial charge in [0.1, 0.15) is 6.54 Å².